The van der Waals surface area contributed by atoms with Crippen molar-refractivity contribution in [3.05, 3.63) is 51.7 Å². The van der Waals surface area contributed by atoms with E-state index in [1.165, 1.54) is 5.56 Å². The topological polar surface area (TPSA) is 21.3 Å². The van der Waals surface area contributed by atoms with Gasteiger partial charge in [-0.3, -0.25) is 0 Å². The summed E-state index contributed by atoms with van der Waals surface area (Å²) in [5.41, 5.74) is 1.23. The number of nitrogens with one attached hydrogen (secondary N) is 1. The Morgan fingerprint density at radius 1 is 1.33 bits per heavy atom. The minimum atomic E-state index is 0.299. The predicted molar refractivity (Wildman–Crippen MR) is 77.7 cm³/mol. The maximum absolute atomic E-state index is 5.91. The number of benzene rings is 1. The molecule has 0 aliphatic carbocycles. The Labute approximate surface area is 117 Å². The average molecular weight is 282 g/mol. The lowest BCUT2D eigenvalue weighted by atomic mass is 10.2. The van der Waals surface area contributed by atoms with Crippen LogP contribution in [0.2, 0.25) is 4.34 Å². The first-order valence-electron chi connectivity index (χ1n) is 5.91. The smallest absolute Gasteiger partial charge is 0.119 e. The second-order valence-electron chi connectivity index (χ2n) is 4.02. The van der Waals surface area contributed by atoms with Gasteiger partial charge in [0, 0.05) is 12.6 Å². The van der Waals surface area contributed by atoms with Crippen LogP contribution in [0.3, 0.4) is 0 Å². The third-order valence-corrected chi connectivity index (χ3v) is 3.76. The van der Waals surface area contributed by atoms with E-state index in [0.29, 0.717) is 12.6 Å². The van der Waals surface area contributed by atoms with Crippen LogP contribution in [0.5, 0.6) is 5.75 Å². The van der Waals surface area contributed by atoms with E-state index in [-0.39, 0.29) is 0 Å². The van der Waals surface area contributed by atoms with Crippen LogP contribution in [0.4, 0.5) is 0 Å². The maximum Gasteiger partial charge on any atom is 0.119 e. The third kappa shape index (κ3) is 4.02. The highest BCUT2D eigenvalue weighted by molar-refractivity contribution is 7.14. The van der Waals surface area contributed by atoms with Gasteiger partial charge in [0.05, 0.1) is 4.34 Å². The summed E-state index contributed by atoms with van der Waals surface area (Å²) in [6.45, 7) is 3.59. The first kappa shape index (κ1) is 13.4. The standard InChI is InChI=1S/C14H16ClNOS/c1-11(12-9-14(15)18-10-12)16-7-8-17-13-5-3-2-4-6-13/h2-6,9-11,16H,7-8H2,1H3. The molecular formula is C14H16ClNOS. The summed E-state index contributed by atoms with van der Waals surface area (Å²) in [5.74, 6) is 0.908. The van der Waals surface area contributed by atoms with E-state index in [4.69, 9.17) is 16.3 Å². The fourth-order valence-corrected chi connectivity index (χ4v) is 2.61. The highest BCUT2D eigenvalue weighted by Crippen LogP contribution is 2.24. The Morgan fingerprint density at radius 2 is 2.11 bits per heavy atom. The molecule has 0 bridgehead atoms. The minimum absolute atomic E-state index is 0.299. The van der Waals surface area contributed by atoms with Gasteiger partial charge in [0.25, 0.3) is 0 Å². The second kappa shape index (κ2) is 6.78. The number of rotatable bonds is 6. The zero-order valence-electron chi connectivity index (χ0n) is 10.2. The highest BCUT2D eigenvalue weighted by atomic mass is 35.5. The van der Waals surface area contributed by atoms with Gasteiger partial charge in [-0.2, -0.15) is 0 Å². The third-order valence-electron chi connectivity index (χ3n) is 2.65. The number of hydrogen-bond donors (Lipinski definition) is 1. The van der Waals surface area contributed by atoms with E-state index in [9.17, 15) is 0 Å². The van der Waals surface area contributed by atoms with Crippen molar-refractivity contribution in [3.63, 3.8) is 0 Å². The molecule has 4 heteroatoms. The molecule has 0 aliphatic rings. The SMILES string of the molecule is CC(NCCOc1ccccc1)c1csc(Cl)c1. The van der Waals surface area contributed by atoms with Crippen LogP contribution < -0.4 is 10.1 Å². The first-order valence-corrected chi connectivity index (χ1v) is 7.16. The van der Waals surface area contributed by atoms with Gasteiger partial charge in [0.15, 0.2) is 0 Å². The van der Waals surface area contributed by atoms with Crippen molar-refractivity contribution in [1.29, 1.82) is 0 Å². The van der Waals surface area contributed by atoms with Gasteiger partial charge in [-0.15, -0.1) is 11.3 Å². The molecule has 1 aromatic carbocycles. The largest absolute Gasteiger partial charge is 0.492 e. The molecule has 1 unspecified atom stereocenters. The van der Waals surface area contributed by atoms with Crippen molar-refractivity contribution in [2.45, 2.75) is 13.0 Å². The quantitative estimate of drug-likeness (QED) is 0.804. The maximum atomic E-state index is 5.91. The van der Waals surface area contributed by atoms with Gasteiger partial charge < -0.3 is 10.1 Å². The summed E-state index contributed by atoms with van der Waals surface area (Å²) in [6, 6.07) is 12.1. The molecular weight excluding hydrogens is 266 g/mol. The van der Waals surface area contributed by atoms with E-state index in [0.717, 1.165) is 16.6 Å². The van der Waals surface area contributed by atoms with Crippen molar-refractivity contribution < 1.29 is 4.74 Å². The molecule has 2 aromatic rings. The number of para-hydroxylation sites is 1. The Morgan fingerprint density at radius 3 is 2.78 bits per heavy atom. The van der Waals surface area contributed by atoms with Gasteiger partial charge in [-0.05, 0) is 36.1 Å². The molecule has 0 saturated carbocycles. The van der Waals surface area contributed by atoms with Crippen molar-refractivity contribution in [2.75, 3.05) is 13.2 Å². The van der Waals surface area contributed by atoms with E-state index >= 15 is 0 Å². The van der Waals surface area contributed by atoms with Crippen molar-refractivity contribution in [3.8, 4) is 5.75 Å². The second-order valence-corrected chi connectivity index (χ2v) is 5.56. The van der Waals surface area contributed by atoms with Crippen molar-refractivity contribution in [1.82, 2.24) is 5.32 Å². The van der Waals surface area contributed by atoms with Crippen LogP contribution in [-0.4, -0.2) is 13.2 Å². The van der Waals surface area contributed by atoms with Gasteiger partial charge in [0.2, 0.25) is 0 Å². The normalized spacial score (nSPS) is 12.3. The Balaban J connectivity index is 1.69. The molecule has 0 aliphatic heterocycles. The zero-order valence-corrected chi connectivity index (χ0v) is 11.8. The Hall–Kier alpha value is -1.03. The lowest BCUT2D eigenvalue weighted by Crippen LogP contribution is -2.24. The van der Waals surface area contributed by atoms with E-state index in [1.807, 2.05) is 36.4 Å². The molecule has 0 saturated heterocycles. The predicted octanol–water partition coefficient (Wildman–Crippen LogP) is 4.13. The number of thiophene rings is 1. The van der Waals surface area contributed by atoms with Gasteiger partial charge >= 0.3 is 0 Å². The molecule has 1 N–H and O–H groups in total. The lowest BCUT2D eigenvalue weighted by Gasteiger charge is -2.13. The fraction of sp³-hybridized carbons (Fsp3) is 0.286. The first-order chi connectivity index (χ1) is 8.75. The molecule has 0 fully saturated rings. The van der Waals surface area contributed by atoms with Gasteiger partial charge in [0.1, 0.15) is 12.4 Å². The molecule has 0 radical (unpaired) electrons. The highest BCUT2D eigenvalue weighted by Gasteiger charge is 2.06. The van der Waals surface area contributed by atoms with E-state index in [2.05, 4.69) is 17.6 Å². The molecule has 0 amide bonds. The average Bonchev–Trinajstić information content (AvgIpc) is 2.82. The van der Waals surface area contributed by atoms with Gasteiger partial charge in [-0.25, -0.2) is 0 Å². The van der Waals surface area contributed by atoms with E-state index < -0.39 is 0 Å². The number of halogens is 1. The molecule has 18 heavy (non-hydrogen) atoms. The van der Waals surface area contributed by atoms with Crippen LogP contribution >= 0.6 is 22.9 Å². The summed E-state index contributed by atoms with van der Waals surface area (Å²) in [5, 5.41) is 5.49. The lowest BCUT2D eigenvalue weighted by molar-refractivity contribution is 0.307. The van der Waals surface area contributed by atoms with Crippen molar-refractivity contribution in [2.24, 2.45) is 0 Å². The zero-order chi connectivity index (χ0) is 12.8. The summed E-state index contributed by atoms with van der Waals surface area (Å²) in [6.07, 6.45) is 0. The van der Waals surface area contributed by atoms with Crippen LogP contribution in [0.1, 0.15) is 18.5 Å². The van der Waals surface area contributed by atoms with Crippen LogP contribution in [-0.2, 0) is 0 Å². The molecule has 96 valence electrons. The number of ether oxygens (including phenoxy) is 1. The Kier molecular flexibility index (Phi) is 5.05. The fourth-order valence-electron chi connectivity index (χ4n) is 1.63. The molecule has 1 atom stereocenters. The van der Waals surface area contributed by atoms with Crippen LogP contribution in [0.15, 0.2) is 41.8 Å². The molecule has 0 spiro atoms. The minimum Gasteiger partial charge on any atom is -0.492 e. The van der Waals surface area contributed by atoms with E-state index in [1.54, 1.807) is 11.3 Å². The summed E-state index contributed by atoms with van der Waals surface area (Å²) in [7, 11) is 0. The summed E-state index contributed by atoms with van der Waals surface area (Å²) < 4.78 is 6.44. The Bertz CT molecular complexity index is 472. The van der Waals surface area contributed by atoms with Crippen molar-refractivity contribution >= 4 is 22.9 Å². The summed E-state index contributed by atoms with van der Waals surface area (Å²) >= 11 is 7.47. The monoisotopic (exact) mass is 281 g/mol. The molecule has 1 aromatic heterocycles. The molecule has 2 rings (SSSR count). The van der Waals surface area contributed by atoms with Crippen LogP contribution in [0, 0.1) is 0 Å². The van der Waals surface area contributed by atoms with Gasteiger partial charge in [-0.1, -0.05) is 29.8 Å². The molecule has 2 nitrogen and oxygen atoms in total. The summed E-state index contributed by atoms with van der Waals surface area (Å²) in [4.78, 5) is 0. The number of hydrogen-bond acceptors (Lipinski definition) is 3. The van der Waals surface area contributed by atoms with Crippen LogP contribution in [0.25, 0.3) is 0 Å². The molecule has 1 heterocycles.